The van der Waals surface area contributed by atoms with E-state index in [9.17, 15) is 23.5 Å². The lowest BCUT2D eigenvalue weighted by Gasteiger charge is -2.40. The van der Waals surface area contributed by atoms with Gasteiger partial charge >= 0.3 is 0 Å². The summed E-state index contributed by atoms with van der Waals surface area (Å²) in [6.45, 7) is 4.95. The van der Waals surface area contributed by atoms with Crippen molar-refractivity contribution in [3.8, 4) is 5.69 Å². The van der Waals surface area contributed by atoms with Crippen molar-refractivity contribution in [2.45, 2.75) is 45.7 Å². The third-order valence-electron chi connectivity index (χ3n) is 6.11. The van der Waals surface area contributed by atoms with Crippen molar-refractivity contribution in [2.75, 3.05) is 13.2 Å². The Hall–Kier alpha value is -3.63. The molecule has 2 aromatic carbocycles. The van der Waals surface area contributed by atoms with Crippen LogP contribution in [0.3, 0.4) is 0 Å². The van der Waals surface area contributed by atoms with Gasteiger partial charge in [-0.15, -0.1) is 0 Å². The minimum absolute atomic E-state index is 0.0252. The molecule has 3 rings (SSSR count). The molecule has 0 bridgehead atoms. The molecule has 1 heterocycles. The van der Waals surface area contributed by atoms with Crippen molar-refractivity contribution < 1.29 is 23.5 Å². The van der Waals surface area contributed by atoms with Gasteiger partial charge in [-0.3, -0.25) is 9.59 Å². The van der Waals surface area contributed by atoms with Crippen molar-refractivity contribution in [2.24, 2.45) is 16.9 Å². The number of carbonyl (C=O) groups excluding carboxylic acids is 2. The molecule has 0 spiro atoms. The Morgan fingerprint density at radius 2 is 1.81 bits per heavy atom. The predicted molar refractivity (Wildman–Crippen MR) is 136 cm³/mol. The second-order valence-corrected chi connectivity index (χ2v) is 10.1. The molecule has 2 atom stereocenters. The summed E-state index contributed by atoms with van der Waals surface area (Å²) in [5.74, 6) is -2.58. The second kappa shape index (κ2) is 11.6. The highest BCUT2D eigenvalue weighted by Crippen LogP contribution is 2.40. The maximum atomic E-state index is 14.7. The summed E-state index contributed by atoms with van der Waals surface area (Å²) in [4.78, 5) is 25.9. The van der Waals surface area contributed by atoms with E-state index in [0.717, 1.165) is 23.8 Å². The number of hydrogen-bond acceptors (Lipinski definition) is 5. The van der Waals surface area contributed by atoms with Gasteiger partial charge < -0.3 is 21.5 Å². The van der Waals surface area contributed by atoms with Gasteiger partial charge in [-0.05, 0) is 29.5 Å². The zero-order chi connectivity index (χ0) is 27.3. The minimum atomic E-state index is -0.989. The van der Waals surface area contributed by atoms with E-state index in [-0.39, 0.29) is 18.7 Å². The SMILES string of the molecule is CC(C)(C)[C@H](c1nn(-c2cc(F)ccc2F)cc1Cc1ccccc1)N(CC[C@H](N)C(N)=O)C(=O)CO. The molecule has 10 heteroatoms. The first-order valence-electron chi connectivity index (χ1n) is 12.0. The standard InChI is InChI=1S/C27H33F2N5O3/c1-27(2,3)25(33(23(36)16-35)12-11-21(30)26(31)37)24-18(13-17-7-5-4-6-8-17)15-34(32-24)22-14-19(28)9-10-20(22)29/h4-10,14-15,21,25,35H,11-13,16,30H2,1-3H3,(H2,31,37)/t21-,25-/m0/s1. The van der Waals surface area contributed by atoms with E-state index in [0.29, 0.717) is 17.7 Å². The van der Waals surface area contributed by atoms with Crippen molar-refractivity contribution in [3.05, 3.63) is 83.2 Å². The molecule has 3 aromatic rings. The number of rotatable bonds is 10. The number of carbonyl (C=O) groups is 2. The molecular formula is C27H33F2N5O3. The lowest BCUT2D eigenvalue weighted by Crippen LogP contribution is -2.46. The van der Waals surface area contributed by atoms with Gasteiger partial charge in [0.15, 0.2) is 0 Å². The fourth-order valence-electron chi connectivity index (χ4n) is 4.32. The molecule has 2 amide bonds. The van der Waals surface area contributed by atoms with Crippen molar-refractivity contribution in [1.82, 2.24) is 14.7 Å². The van der Waals surface area contributed by atoms with Crippen LogP contribution in [-0.2, 0) is 16.0 Å². The summed E-state index contributed by atoms with van der Waals surface area (Å²) < 4.78 is 30.0. The highest BCUT2D eigenvalue weighted by atomic mass is 19.1. The molecule has 0 radical (unpaired) electrons. The average molecular weight is 514 g/mol. The largest absolute Gasteiger partial charge is 0.387 e. The molecule has 0 unspecified atom stereocenters. The predicted octanol–water partition coefficient (Wildman–Crippen LogP) is 2.85. The lowest BCUT2D eigenvalue weighted by molar-refractivity contribution is -0.140. The number of hydrogen-bond donors (Lipinski definition) is 3. The van der Waals surface area contributed by atoms with Gasteiger partial charge in [-0.25, -0.2) is 13.5 Å². The topological polar surface area (TPSA) is 127 Å². The number of primary amides is 1. The summed E-state index contributed by atoms with van der Waals surface area (Å²) in [6.07, 6.45) is 2.10. The highest BCUT2D eigenvalue weighted by molar-refractivity contribution is 5.80. The summed E-state index contributed by atoms with van der Waals surface area (Å²) >= 11 is 0. The van der Waals surface area contributed by atoms with E-state index < -0.39 is 47.6 Å². The number of aliphatic hydroxyl groups is 1. The number of halogens is 2. The molecule has 0 aliphatic carbocycles. The van der Waals surface area contributed by atoms with Crippen molar-refractivity contribution in [1.29, 1.82) is 0 Å². The minimum Gasteiger partial charge on any atom is -0.387 e. The number of nitrogens with zero attached hydrogens (tertiary/aromatic N) is 3. The third-order valence-corrected chi connectivity index (χ3v) is 6.11. The first-order valence-corrected chi connectivity index (χ1v) is 12.0. The van der Waals surface area contributed by atoms with Crippen molar-refractivity contribution >= 4 is 11.8 Å². The van der Waals surface area contributed by atoms with E-state index in [1.54, 1.807) is 6.20 Å². The Kier molecular flexibility index (Phi) is 8.77. The highest BCUT2D eigenvalue weighted by Gasteiger charge is 2.38. The molecule has 0 fully saturated rings. The van der Waals surface area contributed by atoms with Crippen molar-refractivity contribution in [3.63, 3.8) is 0 Å². The molecule has 0 saturated heterocycles. The monoisotopic (exact) mass is 513 g/mol. The Morgan fingerprint density at radius 1 is 1.14 bits per heavy atom. The van der Waals surface area contributed by atoms with Crippen LogP contribution in [0.5, 0.6) is 0 Å². The van der Waals surface area contributed by atoms with E-state index in [4.69, 9.17) is 11.5 Å². The first-order chi connectivity index (χ1) is 17.4. The van der Waals surface area contributed by atoms with Gasteiger partial charge in [0.2, 0.25) is 11.8 Å². The molecule has 5 N–H and O–H groups in total. The Morgan fingerprint density at radius 3 is 2.41 bits per heavy atom. The van der Waals surface area contributed by atoms with Crippen LogP contribution in [0.15, 0.2) is 54.7 Å². The van der Waals surface area contributed by atoms with Crippen LogP contribution in [-0.4, -0.2) is 50.8 Å². The van der Waals surface area contributed by atoms with E-state index in [1.807, 2.05) is 51.1 Å². The average Bonchev–Trinajstić information content (AvgIpc) is 3.24. The quantitative estimate of drug-likeness (QED) is 0.384. The van der Waals surface area contributed by atoms with Gasteiger partial charge in [0.25, 0.3) is 0 Å². The van der Waals surface area contributed by atoms with Gasteiger partial charge in [0.1, 0.15) is 23.9 Å². The molecule has 1 aromatic heterocycles. The Labute approximate surface area is 214 Å². The molecule has 198 valence electrons. The summed E-state index contributed by atoms with van der Waals surface area (Å²) in [7, 11) is 0. The summed E-state index contributed by atoms with van der Waals surface area (Å²) in [6, 6.07) is 10.9. The fourth-order valence-corrected chi connectivity index (χ4v) is 4.32. The van der Waals surface area contributed by atoms with Crippen LogP contribution in [0, 0.1) is 17.0 Å². The third kappa shape index (κ3) is 6.78. The van der Waals surface area contributed by atoms with E-state index >= 15 is 0 Å². The van der Waals surface area contributed by atoms with Crippen LogP contribution in [0.4, 0.5) is 8.78 Å². The summed E-state index contributed by atoms with van der Waals surface area (Å²) in [5.41, 5.74) is 12.5. The van der Waals surface area contributed by atoms with Crippen LogP contribution in [0.25, 0.3) is 5.69 Å². The number of benzene rings is 2. The van der Waals surface area contributed by atoms with Crippen LogP contribution < -0.4 is 11.5 Å². The van der Waals surface area contributed by atoms with Gasteiger partial charge in [0, 0.05) is 30.8 Å². The molecule has 0 aliphatic heterocycles. The molecule has 0 aliphatic rings. The van der Waals surface area contributed by atoms with Crippen LogP contribution >= 0.6 is 0 Å². The molecular weight excluding hydrogens is 480 g/mol. The fraction of sp³-hybridized carbons (Fsp3) is 0.370. The smallest absolute Gasteiger partial charge is 0.248 e. The number of amides is 2. The number of aromatic nitrogens is 2. The normalized spacial score (nSPS) is 13.3. The van der Waals surface area contributed by atoms with E-state index in [1.165, 1.54) is 9.58 Å². The Bertz CT molecular complexity index is 1240. The lowest BCUT2D eigenvalue weighted by atomic mass is 9.81. The summed E-state index contributed by atoms with van der Waals surface area (Å²) in [5, 5.41) is 14.4. The molecule has 37 heavy (non-hydrogen) atoms. The van der Waals surface area contributed by atoms with Crippen LogP contribution in [0.2, 0.25) is 0 Å². The van der Waals surface area contributed by atoms with Gasteiger partial charge in [0.05, 0.1) is 17.8 Å². The first kappa shape index (κ1) is 27.9. The number of nitrogens with two attached hydrogens (primary N) is 2. The molecule has 0 saturated carbocycles. The van der Waals surface area contributed by atoms with Gasteiger partial charge in [-0.1, -0.05) is 51.1 Å². The van der Waals surface area contributed by atoms with Gasteiger partial charge in [-0.2, -0.15) is 5.10 Å². The zero-order valence-corrected chi connectivity index (χ0v) is 21.2. The number of aliphatic hydroxyl groups excluding tert-OH is 1. The van der Waals surface area contributed by atoms with Crippen LogP contribution in [0.1, 0.15) is 50.1 Å². The molecule has 8 nitrogen and oxygen atoms in total. The maximum Gasteiger partial charge on any atom is 0.248 e. The van der Waals surface area contributed by atoms with E-state index in [2.05, 4.69) is 5.10 Å². The second-order valence-electron chi connectivity index (χ2n) is 10.1. The zero-order valence-electron chi connectivity index (χ0n) is 21.2. The Balaban J connectivity index is 2.18. The maximum absolute atomic E-state index is 14.7.